The predicted octanol–water partition coefficient (Wildman–Crippen LogP) is 2.06. The van der Waals surface area contributed by atoms with Crippen LogP contribution in [0.2, 0.25) is 0 Å². The zero-order valence-electron chi connectivity index (χ0n) is 16.2. The standard InChI is InChI=1S/C20H25F3N4O2/c21-20(22,23)16-3-1-2-15(12-16)13-26-5-4-17-18(14-26)24-27(19(17)28)7-6-25-8-10-29-11-9-25/h1-3,12,17H,4-11,13-14H2. The van der Waals surface area contributed by atoms with Crippen LogP contribution in [0.3, 0.4) is 0 Å². The highest BCUT2D eigenvalue weighted by molar-refractivity contribution is 6.09. The Kier molecular flexibility index (Phi) is 5.89. The number of benzene rings is 1. The minimum atomic E-state index is -4.34. The number of ether oxygens (including phenoxy) is 1. The molecule has 2 saturated heterocycles. The summed E-state index contributed by atoms with van der Waals surface area (Å²) in [5.74, 6) is -0.135. The summed E-state index contributed by atoms with van der Waals surface area (Å²) in [6.07, 6.45) is -3.68. The lowest BCUT2D eigenvalue weighted by molar-refractivity contribution is -0.137. The third-order valence-corrected chi connectivity index (χ3v) is 5.72. The number of piperidine rings is 1. The Hall–Kier alpha value is -1.97. The van der Waals surface area contributed by atoms with E-state index in [2.05, 4.69) is 14.9 Å². The quantitative estimate of drug-likeness (QED) is 0.746. The monoisotopic (exact) mass is 410 g/mol. The number of carbonyl (C=O) groups excluding carboxylic acids is 1. The largest absolute Gasteiger partial charge is 0.416 e. The molecule has 1 atom stereocenters. The number of likely N-dealkylation sites (tertiary alicyclic amines) is 1. The van der Waals surface area contributed by atoms with E-state index in [4.69, 9.17) is 4.74 Å². The van der Waals surface area contributed by atoms with E-state index in [0.29, 0.717) is 38.2 Å². The van der Waals surface area contributed by atoms with Crippen LogP contribution in [0.5, 0.6) is 0 Å². The molecule has 1 unspecified atom stereocenters. The highest BCUT2D eigenvalue weighted by Gasteiger charge is 2.39. The van der Waals surface area contributed by atoms with Crippen molar-refractivity contribution in [1.29, 1.82) is 0 Å². The molecule has 158 valence electrons. The molecule has 2 fully saturated rings. The Balaban J connectivity index is 1.35. The number of carbonyl (C=O) groups is 1. The first-order valence-electron chi connectivity index (χ1n) is 9.97. The van der Waals surface area contributed by atoms with E-state index in [1.165, 1.54) is 12.1 Å². The van der Waals surface area contributed by atoms with Crippen LogP contribution < -0.4 is 0 Å². The molecule has 0 spiro atoms. The summed E-state index contributed by atoms with van der Waals surface area (Å²) in [5.41, 5.74) is 0.815. The number of morpholine rings is 1. The summed E-state index contributed by atoms with van der Waals surface area (Å²) in [6, 6.07) is 5.43. The maximum absolute atomic E-state index is 12.9. The van der Waals surface area contributed by atoms with Gasteiger partial charge in [0.1, 0.15) is 0 Å². The lowest BCUT2D eigenvalue weighted by Gasteiger charge is -2.29. The van der Waals surface area contributed by atoms with E-state index >= 15 is 0 Å². The summed E-state index contributed by atoms with van der Waals surface area (Å²) in [7, 11) is 0. The molecule has 9 heteroatoms. The molecule has 0 radical (unpaired) electrons. The molecule has 0 N–H and O–H groups in total. The van der Waals surface area contributed by atoms with Gasteiger partial charge in [-0.15, -0.1) is 0 Å². The topological polar surface area (TPSA) is 48.4 Å². The van der Waals surface area contributed by atoms with Gasteiger partial charge in [0.05, 0.1) is 37.0 Å². The van der Waals surface area contributed by atoms with Crippen LogP contribution in [0.25, 0.3) is 0 Å². The van der Waals surface area contributed by atoms with Crippen molar-refractivity contribution in [1.82, 2.24) is 14.8 Å². The summed E-state index contributed by atoms with van der Waals surface area (Å²) in [6.45, 7) is 6.10. The molecule has 4 rings (SSSR count). The first kappa shape index (κ1) is 20.3. The van der Waals surface area contributed by atoms with Crippen molar-refractivity contribution in [2.24, 2.45) is 11.0 Å². The molecule has 1 aromatic rings. The minimum absolute atomic E-state index is 0.0481. The predicted molar refractivity (Wildman–Crippen MR) is 101 cm³/mol. The molecule has 0 aromatic heterocycles. The smallest absolute Gasteiger partial charge is 0.379 e. The molecular weight excluding hydrogens is 385 g/mol. The van der Waals surface area contributed by atoms with E-state index in [1.807, 2.05) is 0 Å². The Morgan fingerprint density at radius 2 is 1.90 bits per heavy atom. The fourth-order valence-electron chi connectivity index (χ4n) is 4.11. The SMILES string of the molecule is O=C1C2CCN(Cc3cccc(C(F)(F)F)c3)CC2=NN1CCN1CCOCC1. The maximum Gasteiger partial charge on any atom is 0.416 e. The number of fused-ring (bicyclic) bond motifs is 1. The first-order valence-corrected chi connectivity index (χ1v) is 9.97. The Labute approximate surface area is 167 Å². The van der Waals surface area contributed by atoms with Gasteiger partial charge in [0.25, 0.3) is 5.91 Å². The molecular formula is C20H25F3N4O2. The fraction of sp³-hybridized carbons (Fsp3) is 0.600. The van der Waals surface area contributed by atoms with Crippen molar-refractivity contribution in [3.05, 3.63) is 35.4 Å². The van der Waals surface area contributed by atoms with Crippen LogP contribution in [0.15, 0.2) is 29.4 Å². The van der Waals surface area contributed by atoms with E-state index < -0.39 is 11.7 Å². The number of hydrogen-bond acceptors (Lipinski definition) is 5. The molecule has 3 aliphatic rings. The summed E-state index contributed by atoms with van der Waals surface area (Å²) < 4.78 is 44.1. The van der Waals surface area contributed by atoms with Gasteiger partial charge in [-0.3, -0.25) is 14.6 Å². The molecule has 3 heterocycles. The number of hydrogen-bond donors (Lipinski definition) is 0. The van der Waals surface area contributed by atoms with Crippen molar-refractivity contribution >= 4 is 11.6 Å². The van der Waals surface area contributed by atoms with Crippen molar-refractivity contribution in [3.63, 3.8) is 0 Å². The number of alkyl halides is 3. The number of hydrazone groups is 1. The second-order valence-corrected chi connectivity index (χ2v) is 7.76. The van der Waals surface area contributed by atoms with E-state index in [9.17, 15) is 18.0 Å². The average Bonchev–Trinajstić information content (AvgIpc) is 3.02. The summed E-state index contributed by atoms with van der Waals surface area (Å²) in [4.78, 5) is 17.0. The number of amides is 1. The molecule has 0 saturated carbocycles. The molecule has 0 bridgehead atoms. The lowest BCUT2D eigenvalue weighted by atomic mass is 9.94. The molecule has 29 heavy (non-hydrogen) atoms. The maximum atomic E-state index is 12.9. The number of rotatable bonds is 5. The van der Waals surface area contributed by atoms with Gasteiger partial charge in [-0.1, -0.05) is 18.2 Å². The molecule has 3 aliphatic heterocycles. The highest BCUT2D eigenvalue weighted by Crippen LogP contribution is 2.30. The van der Waals surface area contributed by atoms with Gasteiger partial charge in [0, 0.05) is 39.3 Å². The van der Waals surface area contributed by atoms with Crippen molar-refractivity contribution in [2.45, 2.75) is 19.1 Å². The average molecular weight is 410 g/mol. The Morgan fingerprint density at radius 3 is 2.66 bits per heavy atom. The normalized spacial score (nSPS) is 24.0. The van der Waals surface area contributed by atoms with Crippen LogP contribution in [0.4, 0.5) is 13.2 Å². The second-order valence-electron chi connectivity index (χ2n) is 7.76. The van der Waals surface area contributed by atoms with Gasteiger partial charge >= 0.3 is 6.18 Å². The van der Waals surface area contributed by atoms with E-state index in [0.717, 1.165) is 44.6 Å². The molecule has 1 amide bonds. The van der Waals surface area contributed by atoms with Crippen LogP contribution in [-0.2, 0) is 22.3 Å². The summed E-state index contributed by atoms with van der Waals surface area (Å²) >= 11 is 0. The third-order valence-electron chi connectivity index (χ3n) is 5.72. The molecule has 1 aromatic carbocycles. The zero-order valence-corrected chi connectivity index (χ0v) is 16.2. The Bertz CT molecular complexity index is 777. The fourth-order valence-corrected chi connectivity index (χ4v) is 4.11. The first-order chi connectivity index (χ1) is 13.9. The summed E-state index contributed by atoms with van der Waals surface area (Å²) in [5, 5.41) is 6.12. The second kappa shape index (κ2) is 8.41. The van der Waals surface area contributed by atoms with Gasteiger partial charge in [0.15, 0.2) is 0 Å². The minimum Gasteiger partial charge on any atom is -0.379 e. The van der Waals surface area contributed by atoms with Crippen molar-refractivity contribution in [2.75, 3.05) is 52.5 Å². The lowest BCUT2D eigenvalue weighted by Crippen LogP contribution is -2.43. The van der Waals surface area contributed by atoms with E-state index in [1.54, 1.807) is 11.1 Å². The highest BCUT2D eigenvalue weighted by atomic mass is 19.4. The van der Waals surface area contributed by atoms with Crippen LogP contribution in [0.1, 0.15) is 17.5 Å². The third kappa shape index (κ3) is 4.79. The van der Waals surface area contributed by atoms with E-state index in [-0.39, 0.29) is 11.8 Å². The zero-order chi connectivity index (χ0) is 20.4. The van der Waals surface area contributed by atoms with Gasteiger partial charge in [-0.25, -0.2) is 5.01 Å². The van der Waals surface area contributed by atoms with Gasteiger partial charge in [-0.2, -0.15) is 18.3 Å². The number of halogens is 3. The van der Waals surface area contributed by atoms with Crippen molar-refractivity contribution in [3.8, 4) is 0 Å². The van der Waals surface area contributed by atoms with Crippen LogP contribution >= 0.6 is 0 Å². The van der Waals surface area contributed by atoms with Crippen LogP contribution in [-0.4, -0.2) is 78.9 Å². The van der Waals surface area contributed by atoms with Gasteiger partial charge < -0.3 is 4.74 Å². The Morgan fingerprint density at radius 1 is 1.10 bits per heavy atom. The number of nitrogens with zero attached hydrogens (tertiary/aromatic N) is 4. The van der Waals surface area contributed by atoms with Gasteiger partial charge in [-0.05, 0) is 18.1 Å². The molecule has 0 aliphatic carbocycles. The van der Waals surface area contributed by atoms with Crippen molar-refractivity contribution < 1.29 is 22.7 Å². The van der Waals surface area contributed by atoms with Gasteiger partial charge in [0.2, 0.25) is 0 Å². The van der Waals surface area contributed by atoms with Crippen LogP contribution in [0, 0.1) is 5.92 Å². The molecule has 6 nitrogen and oxygen atoms in total.